The number of aryl methyl sites for hydroxylation is 1. The molecule has 1 spiro atoms. The summed E-state index contributed by atoms with van der Waals surface area (Å²) in [5.74, 6) is -0.674. The number of likely N-dealkylation sites (tertiary alicyclic amines) is 1. The molecule has 2 saturated heterocycles. The smallest absolute Gasteiger partial charge is 0.230 e. The molecular weight excluding hydrogens is 372 g/mol. The van der Waals surface area contributed by atoms with Crippen LogP contribution >= 0.6 is 0 Å². The lowest BCUT2D eigenvalue weighted by Crippen LogP contribution is -2.43. The Morgan fingerprint density at radius 3 is 2.97 bits per heavy atom. The summed E-state index contributed by atoms with van der Waals surface area (Å²) in [4.78, 5) is 32.0. The highest BCUT2D eigenvalue weighted by molar-refractivity contribution is 5.93. The maximum Gasteiger partial charge on any atom is 0.230 e. The van der Waals surface area contributed by atoms with E-state index in [2.05, 4.69) is 15.5 Å². The standard InChI is InChI=1S/C21H22N4O4/c1-2-14-9-15(29-24-14)10-23-19(26)17-16-3-6-21(28-16)12-25(20(27)18(17)21)11-13-4-7-22-8-5-13/h3-9,16-18H,2,10-12H2,1H3,(H,23,26)/t16-,17-,18-,21+/m1/s1. The number of carbonyl (C=O) groups is 2. The van der Waals surface area contributed by atoms with Crippen LogP contribution in [0.25, 0.3) is 0 Å². The Hall–Kier alpha value is -3.00. The van der Waals surface area contributed by atoms with Crippen molar-refractivity contribution in [2.24, 2.45) is 11.8 Å². The molecule has 2 aromatic heterocycles. The van der Waals surface area contributed by atoms with Gasteiger partial charge in [0.15, 0.2) is 5.76 Å². The van der Waals surface area contributed by atoms with Crippen LogP contribution in [0.2, 0.25) is 0 Å². The van der Waals surface area contributed by atoms with Gasteiger partial charge in [0.2, 0.25) is 11.8 Å². The van der Waals surface area contributed by atoms with E-state index in [9.17, 15) is 9.59 Å². The van der Waals surface area contributed by atoms with Gasteiger partial charge in [-0.3, -0.25) is 14.6 Å². The Labute approximate surface area is 167 Å². The number of amides is 2. The molecule has 2 amide bonds. The third kappa shape index (κ3) is 2.95. The molecule has 2 fully saturated rings. The molecule has 4 atom stereocenters. The van der Waals surface area contributed by atoms with Crippen molar-refractivity contribution >= 4 is 11.8 Å². The predicted octanol–water partition coefficient (Wildman–Crippen LogP) is 1.23. The molecular formula is C21H22N4O4. The molecule has 3 aliphatic heterocycles. The number of nitrogens with zero attached hydrogens (tertiary/aromatic N) is 3. The molecule has 8 heteroatoms. The SMILES string of the molecule is CCc1cc(CNC(=O)[C@@H]2[C@H]3C=C[C@@]4(CN(Cc5ccncc5)C(=O)[C@@H]24)O3)on1. The first kappa shape index (κ1) is 18.1. The Morgan fingerprint density at radius 1 is 1.38 bits per heavy atom. The Bertz CT molecular complexity index is 972. The van der Waals surface area contributed by atoms with Crippen molar-refractivity contribution in [3.63, 3.8) is 0 Å². The van der Waals surface area contributed by atoms with E-state index >= 15 is 0 Å². The Morgan fingerprint density at radius 2 is 2.21 bits per heavy atom. The zero-order valence-electron chi connectivity index (χ0n) is 16.1. The fourth-order valence-corrected chi connectivity index (χ4v) is 4.62. The van der Waals surface area contributed by atoms with Crippen LogP contribution in [0.1, 0.15) is 23.9 Å². The van der Waals surface area contributed by atoms with E-state index in [1.807, 2.05) is 37.3 Å². The lowest BCUT2D eigenvalue weighted by atomic mass is 9.77. The van der Waals surface area contributed by atoms with Crippen LogP contribution in [0.15, 0.2) is 47.3 Å². The van der Waals surface area contributed by atoms with Crippen molar-refractivity contribution in [1.82, 2.24) is 20.4 Å². The van der Waals surface area contributed by atoms with Crippen LogP contribution in [0.5, 0.6) is 0 Å². The van der Waals surface area contributed by atoms with Crippen LogP contribution in [0.4, 0.5) is 0 Å². The summed E-state index contributed by atoms with van der Waals surface area (Å²) < 4.78 is 11.4. The van der Waals surface area contributed by atoms with E-state index in [4.69, 9.17) is 9.26 Å². The van der Waals surface area contributed by atoms with Gasteiger partial charge >= 0.3 is 0 Å². The lowest BCUT2D eigenvalue weighted by Gasteiger charge is -2.23. The van der Waals surface area contributed by atoms with Crippen LogP contribution < -0.4 is 5.32 Å². The van der Waals surface area contributed by atoms with Gasteiger partial charge in [0, 0.05) is 25.0 Å². The molecule has 1 N–H and O–H groups in total. The maximum absolute atomic E-state index is 13.2. The molecule has 0 saturated carbocycles. The average molecular weight is 394 g/mol. The van der Waals surface area contributed by atoms with E-state index in [0.717, 1.165) is 17.7 Å². The zero-order chi connectivity index (χ0) is 20.0. The molecule has 0 aromatic carbocycles. The number of fused-ring (bicyclic) bond motifs is 1. The second kappa shape index (κ2) is 6.81. The molecule has 2 aromatic rings. The second-order valence-corrected chi connectivity index (χ2v) is 7.81. The predicted molar refractivity (Wildman–Crippen MR) is 101 cm³/mol. The number of hydrogen-bond acceptors (Lipinski definition) is 6. The van der Waals surface area contributed by atoms with Gasteiger partial charge in [0.05, 0.1) is 36.7 Å². The van der Waals surface area contributed by atoms with E-state index < -0.39 is 17.4 Å². The molecule has 0 radical (unpaired) electrons. The van der Waals surface area contributed by atoms with Gasteiger partial charge in [0.1, 0.15) is 5.60 Å². The van der Waals surface area contributed by atoms with Crippen molar-refractivity contribution < 1.29 is 18.8 Å². The van der Waals surface area contributed by atoms with E-state index in [1.54, 1.807) is 17.3 Å². The maximum atomic E-state index is 13.2. The first-order valence-electron chi connectivity index (χ1n) is 9.87. The second-order valence-electron chi connectivity index (χ2n) is 7.81. The fraction of sp³-hybridized carbons (Fsp3) is 0.429. The van der Waals surface area contributed by atoms with Gasteiger partial charge in [-0.05, 0) is 24.1 Å². The molecule has 29 heavy (non-hydrogen) atoms. The summed E-state index contributed by atoms with van der Waals surface area (Å²) in [6.07, 6.45) is 7.69. The number of ether oxygens (including phenoxy) is 1. The highest BCUT2D eigenvalue weighted by Crippen LogP contribution is 2.52. The van der Waals surface area contributed by atoms with Crippen LogP contribution in [0, 0.1) is 11.8 Å². The molecule has 5 rings (SSSR count). The molecule has 2 bridgehead atoms. The monoisotopic (exact) mass is 394 g/mol. The highest BCUT2D eigenvalue weighted by Gasteiger charge is 2.66. The van der Waals surface area contributed by atoms with Crippen LogP contribution in [0.3, 0.4) is 0 Å². The van der Waals surface area contributed by atoms with E-state index in [1.165, 1.54) is 0 Å². The molecule has 150 valence electrons. The summed E-state index contributed by atoms with van der Waals surface area (Å²) in [7, 11) is 0. The number of pyridine rings is 1. The Balaban J connectivity index is 1.31. The third-order valence-electron chi connectivity index (χ3n) is 6.01. The fourth-order valence-electron chi connectivity index (χ4n) is 4.62. The van der Waals surface area contributed by atoms with Gasteiger partial charge < -0.3 is 19.5 Å². The van der Waals surface area contributed by atoms with Crippen molar-refractivity contribution in [2.75, 3.05) is 6.54 Å². The molecule has 0 aliphatic carbocycles. The number of nitrogens with one attached hydrogen (secondary N) is 1. The van der Waals surface area contributed by atoms with Gasteiger partial charge in [0.25, 0.3) is 0 Å². The van der Waals surface area contributed by atoms with Gasteiger partial charge in [-0.1, -0.05) is 24.2 Å². The summed E-state index contributed by atoms with van der Waals surface area (Å²) in [5, 5.41) is 6.83. The molecule has 8 nitrogen and oxygen atoms in total. The van der Waals surface area contributed by atoms with E-state index in [0.29, 0.717) is 18.8 Å². The zero-order valence-corrected chi connectivity index (χ0v) is 16.1. The topological polar surface area (TPSA) is 97.6 Å². The first-order valence-corrected chi connectivity index (χ1v) is 9.87. The normalized spacial score (nSPS) is 29.5. The van der Waals surface area contributed by atoms with Crippen LogP contribution in [-0.2, 0) is 33.8 Å². The first-order chi connectivity index (χ1) is 14.1. The largest absolute Gasteiger partial charge is 0.360 e. The minimum Gasteiger partial charge on any atom is -0.360 e. The van der Waals surface area contributed by atoms with Crippen molar-refractivity contribution in [2.45, 2.75) is 38.1 Å². The summed E-state index contributed by atoms with van der Waals surface area (Å²) in [5.41, 5.74) is 1.14. The van der Waals surface area contributed by atoms with E-state index in [-0.39, 0.29) is 24.5 Å². The number of aromatic nitrogens is 2. The Kier molecular flexibility index (Phi) is 4.24. The highest BCUT2D eigenvalue weighted by atomic mass is 16.5. The van der Waals surface area contributed by atoms with Crippen LogP contribution in [-0.4, -0.2) is 45.1 Å². The molecule has 3 aliphatic rings. The average Bonchev–Trinajstić information content (AvgIpc) is 3.48. The summed E-state index contributed by atoms with van der Waals surface area (Å²) in [6, 6.07) is 5.61. The summed E-state index contributed by atoms with van der Waals surface area (Å²) >= 11 is 0. The minimum absolute atomic E-state index is 0.0400. The minimum atomic E-state index is -0.710. The van der Waals surface area contributed by atoms with Gasteiger partial charge in [-0.2, -0.15) is 0 Å². The van der Waals surface area contributed by atoms with Gasteiger partial charge in [-0.15, -0.1) is 0 Å². The lowest BCUT2D eigenvalue weighted by molar-refractivity contribution is -0.138. The van der Waals surface area contributed by atoms with Gasteiger partial charge in [-0.25, -0.2) is 0 Å². The summed E-state index contributed by atoms with van der Waals surface area (Å²) in [6.45, 7) is 3.17. The third-order valence-corrected chi connectivity index (χ3v) is 6.01. The number of rotatable bonds is 6. The molecule has 0 unspecified atom stereocenters. The van der Waals surface area contributed by atoms with Crippen molar-refractivity contribution in [3.05, 3.63) is 59.8 Å². The van der Waals surface area contributed by atoms with Crippen molar-refractivity contribution in [1.29, 1.82) is 0 Å². The number of carbonyl (C=O) groups excluding carboxylic acids is 2. The number of hydrogen-bond donors (Lipinski definition) is 1. The van der Waals surface area contributed by atoms with Crippen molar-refractivity contribution in [3.8, 4) is 0 Å². The quantitative estimate of drug-likeness (QED) is 0.740. The molecule has 5 heterocycles.